The fourth-order valence-corrected chi connectivity index (χ4v) is 3.35. The van der Waals surface area contributed by atoms with Crippen molar-refractivity contribution in [3.63, 3.8) is 0 Å². The summed E-state index contributed by atoms with van der Waals surface area (Å²) in [7, 11) is 2.90. The van der Waals surface area contributed by atoms with E-state index in [0.29, 0.717) is 11.5 Å². The maximum Gasteiger partial charge on any atom is 0.262 e. The van der Waals surface area contributed by atoms with Crippen LogP contribution in [-0.4, -0.2) is 61.9 Å². The van der Waals surface area contributed by atoms with Gasteiger partial charge in [0.15, 0.2) is 0 Å². The Morgan fingerprint density at radius 3 is 1.90 bits per heavy atom. The smallest absolute Gasteiger partial charge is 0.262 e. The molecule has 1 aliphatic rings. The molecule has 2 aromatic rings. The van der Waals surface area contributed by atoms with Gasteiger partial charge in [-0.3, -0.25) is 24.1 Å². The zero-order valence-corrected chi connectivity index (χ0v) is 17.4. The molecule has 2 N–H and O–H groups in total. The molecule has 2 aromatic carbocycles. The number of methoxy groups -OCH3 is 2. The highest BCUT2D eigenvalue weighted by Crippen LogP contribution is 2.28. The summed E-state index contributed by atoms with van der Waals surface area (Å²) >= 11 is 0. The van der Waals surface area contributed by atoms with Crippen molar-refractivity contribution in [2.45, 2.75) is 13.0 Å². The Morgan fingerprint density at radius 2 is 1.39 bits per heavy atom. The standard InChI is InChI=1S/C22H23N3O6/c1-13(25-21(28)14-7-4-5-8-15(14)22(25)29)19(26)23-11-12-24-20(27)18-16(30-2)9-6-10-17(18)31-3/h4-10,13H,11-12H2,1-3H3,(H,23,26)(H,24,27). The molecule has 1 unspecified atom stereocenters. The van der Waals surface area contributed by atoms with Crippen LogP contribution in [0.1, 0.15) is 38.0 Å². The second-order valence-electron chi connectivity index (χ2n) is 6.79. The Labute approximate surface area is 179 Å². The topological polar surface area (TPSA) is 114 Å². The summed E-state index contributed by atoms with van der Waals surface area (Å²) in [6, 6.07) is 10.4. The number of hydrogen-bond acceptors (Lipinski definition) is 6. The third-order valence-corrected chi connectivity index (χ3v) is 4.96. The van der Waals surface area contributed by atoms with Crippen molar-refractivity contribution in [2.24, 2.45) is 0 Å². The molecule has 0 fully saturated rings. The van der Waals surface area contributed by atoms with Gasteiger partial charge < -0.3 is 20.1 Å². The van der Waals surface area contributed by atoms with Crippen molar-refractivity contribution >= 4 is 23.6 Å². The zero-order valence-electron chi connectivity index (χ0n) is 17.4. The van der Waals surface area contributed by atoms with Crippen LogP contribution in [0.5, 0.6) is 11.5 Å². The van der Waals surface area contributed by atoms with Gasteiger partial charge in [-0.2, -0.15) is 0 Å². The van der Waals surface area contributed by atoms with Gasteiger partial charge in [0.2, 0.25) is 5.91 Å². The molecule has 31 heavy (non-hydrogen) atoms. The summed E-state index contributed by atoms with van der Waals surface area (Å²) in [5, 5.41) is 5.31. The molecule has 0 saturated carbocycles. The Morgan fingerprint density at radius 1 is 0.871 bits per heavy atom. The number of carbonyl (C=O) groups excluding carboxylic acids is 4. The van der Waals surface area contributed by atoms with Crippen molar-refractivity contribution in [1.82, 2.24) is 15.5 Å². The molecule has 0 saturated heterocycles. The first-order valence-electron chi connectivity index (χ1n) is 9.64. The van der Waals surface area contributed by atoms with Crippen LogP contribution >= 0.6 is 0 Å². The van der Waals surface area contributed by atoms with E-state index in [9.17, 15) is 19.2 Å². The van der Waals surface area contributed by atoms with Crippen LogP contribution in [0.15, 0.2) is 42.5 Å². The lowest BCUT2D eigenvalue weighted by Gasteiger charge is -2.21. The molecule has 1 atom stereocenters. The molecule has 9 heteroatoms. The van der Waals surface area contributed by atoms with Gasteiger partial charge in [-0.05, 0) is 31.2 Å². The third-order valence-electron chi connectivity index (χ3n) is 4.96. The quantitative estimate of drug-likeness (QED) is 0.486. The third kappa shape index (κ3) is 4.20. The molecular weight excluding hydrogens is 402 g/mol. The number of nitrogens with one attached hydrogen (secondary N) is 2. The van der Waals surface area contributed by atoms with Crippen LogP contribution in [0.3, 0.4) is 0 Å². The Hall–Kier alpha value is -3.88. The van der Waals surface area contributed by atoms with Gasteiger partial charge in [-0.25, -0.2) is 0 Å². The summed E-state index contributed by atoms with van der Waals surface area (Å²) in [6.07, 6.45) is 0. The second-order valence-corrected chi connectivity index (χ2v) is 6.79. The first-order chi connectivity index (χ1) is 14.9. The van der Waals surface area contributed by atoms with Gasteiger partial charge in [0.1, 0.15) is 23.1 Å². The average molecular weight is 425 g/mol. The number of ether oxygens (including phenoxy) is 2. The van der Waals surface area contributed by atoms with Crippen LogP contribution in [0.25, 0.3) is 0 Å². The Bertz CT molecular complexity index is 978. The van der Waals surface area contributed by atoms with Crippen LogP contribution in [0.2, 0.25) is 0 Å². The van der Waals surface area contributed by atoms with E-state index in [4.69, 9.17) is 9.47 Å². The lowest BCUT2D eigenvalue weighted by Crippen LogP contribution is -2.49. The summed E-state index contributed by atoms with van der Waals surface area (Å²) in [6.45, 7) is 1.71. The SMILES string of the molecule is COc1cccc(OC)c1C(=O)NCCNC(=O)C(C)N1C(=O)c2ccccc2C1=O. The van der Waals surface area contributed by atoms with Gasteiger partial charge in [0.05, 0.1) is 25.3 Å². The van der Waals surface area contributed by atoms with E-state index in [2.05, 4.69) is 10.6 Å². The highest BCUT2D eigenvalue weighted by molar-refractivity contribution is 6.22. The monoisotopic (exact) mass is 425 g/mol. The van der Waals surface area contributed by atoms with Crippen molar-refractivity contribution in [3.8, 4) is 11.5 Å². The number of fused-ring (bicyclic) bond motifs is 1. The first-order valence-corrected chi connectivity index (χ1v) is 9.64. The van der Waals surface area contributed by atoms with Crippen molar-refractivity contribution in [1.29, 1.82) is 0 Å². The van der Waals surface area contributed by atoms with Crippen LogP contribution in [0, 0.1) is 0 Å². The molecule has 0 aromatic heterocycles. The highest BCUT2D eigenvalue weighted by Gasteiger charge is 2.40. The van der Waals surface area contributed by atoms with Gasteiger partial charge in [-0.15, -0.1) is 0 Å². The van der Waals surface area contributed by atoms with Gasteiger partial charge in [0, 0.05) is 13.1 Å². The summed E-state index contributed by atoms with van der Waals surface area (Å²) in [4.78, 5) is 50.9. The van der Waals surface area contributed by atoms with Crippen molar-refractivity contribution < 1.29 is 28.7 Å². The maximum atomic E-state index is 12.5. The van der Waals surface area contributed by atoms with Crippen molar-refractivity contribution in [3.05, 3.63) is 59.2 Å². The lowest BCUT2D eigenvalue weighted by atomic mass is 10.1. The maximum absolute atomic E-state index is 12.5. The van der Waals surface area contributed by atoms with E-state index in [1.165, 1.54) is 21.1 Å². The largest absolute Gasteiger partial charge is 0.496 e. The number of carbonyl (C=O) groups is 4. The Kier molecular flexibility index (Phi) is 6.54. The highest BCUT2D eigenvalue weighted by atomic mass is 16.5. The molecule has 162 valence electrons. The predicted octanol–water partition coefficient (Wildman–Crippen LogP) is 1.23. The summed E-state index contributed by atoms with van der Waals surface area (Å²) in [5.41, 5.74) is 0.813. The molecule has 4 amide bonds. The van der Waals surface area contributed by atoms with Crippen LogP contribution < -0.4 is 20.1 Å². The van der Waals surface area contributed by atoms with Crippen LogP contribution in [0.4, 0.5) is 0 Å². The van der Waals surface area contributed by atoms with E-state index >= 15 is 0 Å². The molecular formula is C22H23N3O6. The second kappa shape index (κ2) is 9.29. The fourth-order valence-electron chi connectivity index (χ4n) is 3.35. The van der Waals surface area contributed by atoms with E-state index in [-0.39, 0.29) is 29.8 Å². The number of hydrogen-bond donors (Lipinski definition) is 2. The number of amides is 4. The zero-order chi connectivity index (χ0) is 22.5. The fraction of sp³-hybridized carbons (Fsp3) is 0.273. The lowest BCUT2D eigenvalue weighted by molar-refractivity contribution is -0.124. The Balaban J connectivity index is 1.55. The molecule has 1 heterocycles. The minimum Gasteiger partial charge on any atom is -0.496 e. The van der Waals surface area contributed by atoms with E-state index in [0.717, 1.165) is 4.90 Å². The minimum absolute atomic E-state index is 0.107. The van der Waals surface area contributed by atoms with E-state index < -0.39 is 29.7 Å². The molecule has 0 spiro atoms. The number of benzene rings is 2. The van der Waals surface area contributed by atoms with Gasteiger partial charge in [0.25, 0.3) is 17.7 Å². The van der Waals surface area contributed by atoms with E-state index in [1.54, 1.807) is 42.5 Å². The number of imide groups is 1. The normalized spacial score (nSPS) is 13.5. The average Bonchev–Trinajstić information content (AvgIpc) is 3.05. The van der Waals surface area contributed by atoms with Gasteiger partial charge >= 0.3 is 0 Å². The molecule has 0 bridgehead atoms. The molecule has 3 rings (SSSR count). The number of rotatable bonds is 8. The minimum atomic E-state index is -0.989. The van der Waals surface area contributed by atoms with Crippen LogP contribution in [-0.2, 0) is 4.79 Å². The summed E-state index contributed by atoms with van der Waals surface area (Å²) < 4.78 is 10.4. The van der Waals surface area contributed by atoms with Crippen molar-refractivity contribution in [2.75, 3.05) is 27.3 Å². The summed E-state index contributed by atoms with van der Waals surface area (Å²) in [5.74, 6) is -1.20. The first kappa shape index (κ1) is 21.8. The van der Waals surface area contributed by atoms with Gasteiger partial charge in [-0.1, -0.05) is 18.2 Å². The molecule has 1 aliphatic heterocycles. The molecule has 9 nitrogen and oxygen atoms in total. The predicted molar refractivity (Wildman–Crippen MR) is 111 cm³/mol. The number of nitrogens with zero attached hydrogens (tertiary/aromatic N) is 1. The molecule has 0 aliphatic carbocycles. The molecule has 0 radical (unpaired) electrons. The van der Waals surface area contributed by atoms with E-state index in [1.807, 2.05) is 0 Å².